The monoisotopic (exact) mass is 250 g/mol. The van der Waals surface area contributed by atoms with Gasteiger partial charge in [-0.1, -0.05) is 13.3 Å². The fourth-order valence-corrected chi connectivity index (χ4v) is 2.36. The van der Waals surface area contributed by atoms with E-state index in [-0.39, 0.29) is 0 Å². The molecule has 100 valence electrons. The molecule has 1 aliphatic rings. The van der Waals surface area contributed by atoms with Gasteiger partial charge in [-0.3, -0.25) is 0 Å². The molecule has 0 spiro atoms. The first-order chi connectivity index (χ1) is 8.81. The van der Waals surface area contributed by atoms with Crippen molar-refractivity contribution in [2.24, 2.45) is 0 Å². The third kappa shape index (κ3) is 3.60. The van der Waals surface area contributed by atoms with Crippen LogP contribution in [0.25, 0.3) is 0 Å². The number of anilines is 1. The van der Waals surface area contributed by atoms with Crippen molar-refractivity contribution in [1.82, 2.24) is 4.98 Å². The number of pyridine rings is 1. The van der Waals surface area contributed by atoms with Gasteiger partial charge in [-0.05, 0) is 25.3 Å². The Labute approximate surface area is 109 Å². The summed E-state index contributed by atoms with van der Waals surface area (Å²) in [5.41, 5.74) is 1.05. The van der Waals surface area contributed by atoms with Crippen LogP contribution in [0.15, 0.2) is 18.3 Å². The second-order valence-electron chi connectivity index (χ2n) is 4.74. The third-order valence-electron chi connectivity index (χ3n) is 3.29. The van der Waals surface area contributed by atoms with E-state index >= 15 is 0 Å². The first kappa shape index (κ1) is 13.1. The highest BCUT2D eigenvalue weighted by Crippen LogP contribution is 2.21. The zero-order valence-electron chi connectivity index (χ0n) is 11.2. The Bertz CT molecular complexity index is 351. The maximum Gasteiger partial charge on any atom is 0.213 e. The second-order valence-corrected chi connectivity index (χ2v) is 4.74. The van der Waals surface area contributed by atoms with Gasteiger partial charge in [-0.25, -0.2) is 4.98 Å². The van der Waals surface area contributed by atoms with E-state index in [2.05, 4.69) is 17.2 Å². The van der Waals surface area contributed by atoms with Crippen LogP contribution < -0.4 is 10.1 Å². The molecule has 1 saturated heterocycles. The highest BCUT2D eigenvalue weighted by atomic mass is 16.5. The van der Waals surface area contributed by atoms with Crippen molar-refractivity contribution in [3.8, 4) is 5.88 Å². The normalized spacial score (nSPS) is 23.7. The number of hydrogen-bond acceptors (Lipinski definition) is 4. The number of methoxy groups -OCH3 is 1. The molecule has 4 heteroatoms. The molecule has 0 saturated carbocycles. The van der Waals surface area contributed by atoms with Crippen molar-refractivity contribution in [3.63, 3.8) is 0 Å². The minimum absolute atomic E-state index is 0.410. The van der Waals surface area contributed by atoms with E-state index in [1.807, 2.05) is 18.3 Å². The molecule has 1 aromatic heterocycles. The average molecular weight is 250 g/mol. The zero-order chi connectivity index (χ0) is 12.8. The van der Waals surface area contributed by atoms with Crippen LogP contribution in [0.4, 0.5) is 5.69 Å². The van der Waals surface area contributed by atoms with E-state index in [0.29, 0.717) is 18.0 Å². The van der Waals surface area contributed by atoms with Crippen molar-refractivity contribution < 1.29 is 9.47 Å². The number of hydrogen-bond donors (Lipinski definition) is 1. The predicted molar refractivity (Wildman–Crippen MR) is 72.1 cm³/mol. The minimum Gasteiger partial charge on any atom is -0.481 e. The van der Waals surface area contributed by atoms with E-state index in [4.69, 9.17) is 9.47 Å². The Balaban J connectivity index is 1.87. The lowest BCUT2D eigenvalue weighted by Crippen LogP contribution is -2.34. The van der Waals surface area contributed by atoms with Crippen LogP contribution in [0.2, 0.25) is 0 Å². The van der Waals surface area contributed by atoms with Gasteiger partial charge in [0.05, 0.1) is 25.1 Å². The molecule has 0 aliphatic carbocycles. The van der Waals surface area contributed by atoms with Gasteiger partial charge in [0.25, 0.3) is 0 Å². The highest BCUT2D eigenvalue weighted by Gasteiger charge is 2.21. The molecular weight excluding hydrogens is 228 g/mol. The van der Waals surface area contributed by atoms with Gasteiger partial charge in [0.2, 0.25) is 5.88 Å². The van der Waals surface area contributed by atoms with E-state index in [1.165, 1.54) is 6.42 Å². The smallest absolute Gasteiger partial charge is 0.213 e. The van der Waals surface area contributed by atoms with E-state index in [1.54, 1.807) is 7.11 Å². The van der Waals surface area contributed by atoms with Gasteiger partial charge in [0.1, 0.15) is 0 Å². The van der Waals surface area contributed by atoms with Crippen molar-refractivity contribution in [2.75, 3.05) is 19.0 Å². The van der Waals surface area contributed by atoms with Crippen LogP contribution in [0.5, 0.6) is 5.88 Å². The average Bonchev–Trinajstić information content (AvgIpc) is 2.40. The molecule has 2 rings (SSSR count). The lowest BCUT2D eigenvalue weighted by Gasteiger charge is -2.30. The molecule has 2 atom stereocenters. The van der Waals surface area contributed by atoms with Crippen molar-refractivity contribution >= 4 is 5.69 Å². The van der Waals surface area contributed by atoms with Crippen LogP contribution in [0.1, 0.15) is 32.6 Å². The summed E-state index contributed by atoms with van der Waals surface area (Å²) in [6.45, 7) is 3.06. The van der Waals surface area contributed by atoms with Crippen LogP contribution in [0.3, 0.4) is 0 Å². The van der Waals surface area contributed by atoms with E-state index in [0.717, 1.165) is 31.6 Å². The van der Waals surface area contributed by atoms with Crippen molar-refractivity contribution in [2.45, 2.75) is 44.8 Å². The van der Waals surface area contributed by atoms with Gasteiger partial charge in [0, 0.05) is 18.7 Å². The van der Waals surface area contributed by atoms with Crippen molar-refractivity contribution in [3.05, 3.63) is 18.3 Å². The summed E-state index contributed by atoms with van der Waals surface area (Å²) in [5, 5.41) is 3.52. The first-order valence-corrected chi connectivity index (χ1v) is 6.70. The summed E-state index contributed by atoms with van der Waals surface area (Å²) in [5.74, 6) is 0.649. The molecule has 1 N–H and O–H groups in total. The SMILES string of the molecule is CCCC1CC(Nc2ccc(OC)nc2)CCO1. The minimum atomic E-state index is 0.410. The molecular formula is C14H22N2O2. The summed E-state index contributed by atoms with van der Waals surface area (Å²) >= 11 is 0. The summed E-state index contributed by atoms with van der Waals surface area (Å²) in [7, 11) is 1.63. The van der Waals surface area contributed by atoms with Gasteiger partial charge >= 0.3 is 0 Å². The molecule has 2 heterocycles. The summed E-state index contributed by atoms with van der Waals surface area (Å²) in [4.78, 5) is 4.20. The Morgan fingerprint density at radius 3 is 3.06 bits per heavy atom. The van der Waals surface area contributed by atoms with Crippen LogP contribution in [-0.4, -0.2) is 30.8 Å². The molecule has 1 aliphatic heterocycles. The van der Waals surface area contributed by atoms with Crippen LogP contribution in [0, 0.1) is 0 Å². The molecule has 4 nitrogen and oxygen atoms in total. The summed E-state index contributed by atoms with van der Waals surface area (Å²) < 4.78 is 10.8. The lowest BCUT2D eigenvalue weighted by atomic mass is 10.00. The van der Waals surface area contributed by atoms with Crippen LogP contribution >= 0.6 is 0 Å². The maximum atomic E-state index is 5.75. The fraction of sp³-hybridized carbons (Fsp3) is 0.643. The van der Waals surface area contributed by atoms with E-state index in [9.17, 15) is 0 Å². The topological polar surface area (TPSA) is 43.4 Å². The van der Waals surface area contributed by atoms with Gasteiger partial charge in [0.15, 0.2) is 0 Å². The second kappa shape index (κ2) is 6.59. The summed E-state index contributed by atoms with van der Waals surface area (Å²) in [6, 6.07) is 4.38. The molecule has 0 aromatic carbocycles. The predicted octanol–water partition coefficient (Wildman–Crippen LogP) is 2.85. The molecule has 2 unspecified atom stereocenters. The first-order valence-electron chi connectivity index (χ1n) is 6.70. The molecule has 1 aromatic rings. The lowest BCUT2D eigenvalue weighted by molar-refractivity contribution is 0.00597. The maximum absolute atomic E-state index is 5.75. The molecule has 0 amide bonds. The number of aromatic nitrogens is 1. The number of rotatable bonds is 5. The number of nitrogens with zero attached hydrogens (tertiary/aromatic N) is 1. The Morgan fingerprint density at radius 1 is 1.50 bits per heavy atom. The Hall–Kier alpha value is -1.29. The Morgan fingerprint density at radius 2 is 2.39 bits per heavy atom. The Kier molecular flexibility index (Phi) is 4.81. The molecule has 0 radical (unpaired) electrons. The molecule has 0 bridgehead atoms. The van der Waals surface area contributed by atoms with Gasteiger partial charge in [-0.15, -0.1) is 0 Å². The quantitative estimate of drug-likeness (QED) is 0.872. The van der Waals surface area contributed by atoms with E-state index < -0.39 is 0 Å². The highest BCUT2D eigenvalue weighted by molar-refractivity contribution is 5.43. The standard InChI is InChI=1S/C14H22N2O2/c1-3-4-13-9-11(7-8-18-13)16-12-5-6-14(17-2)15-10-12/h5-6,10-11,13,16H,3-4,7-9H2,1-2H3. The molecule has 18 heavy (non-hydrogen) atoms. The third-order valence-corrected chi connectivity index (χ3v) is 3.29. The fourth-order valence-electron chi connectivity index (χ4n) is 2.36. The van der Waals surface area contributed by atoms with Gasteiger partial charge < -0.3 is 14.8 Å². The van der Waals surface area contributed by atoms with Crippen LogP contribution in [-0.2, 0) is 4.74 Å². The van der Waals surface area contributed by atoms with Gasteiger partial charge in [-0.2, -0.15) is 0 Å². The summed E-state index contributed by atoms with van der Waals surface area (Å²) in [6.07, 6.45) is 6.71. The molecule has 1 fully saturated rings. The number of ether oxygens (including phenoxy) is 2. The largest absolute Gasteiger partial charge is 0.481 e. The zero-order valence-corrected chi connectivity index (χ0v) is 11.2. The van der Waals surface area contributed by atoms with Crippen molar-refractivity contribution in [1.29, 1.82) is 0 Å². The number of nitrogens with one attached hydrogen (secondary N) is 1.